The van der Waals surface area contributed by atoms with Crippen molar-refractivity contribution >= 4 is 15.9 Å². The minimum atomic E-state index is 0.389. The number of rotatable bonds is 2. The summed E-state index contributed by atoms with van der Waals surface area (Å²) in [5.74, 6) is 0. The van der Waals surface area contributed by atoms with Crippen LogP contribution in [-0.2, 0) is 0 Å². The summed E-state index contributed by atoms with van der Waals surface area (Å²) in [5.41, 5.74) is 0.949. The van der Waals surface area contributed by atoms with Crippen LogP contribution in [0.25, 0.3) is 0 Å². The maximum absolute atomic E-state index is 4.24. The van der Waals surface area contributed by atoms with Gasteiger partial charge in [-0.3, -0.25) is 0 Å². The number of halogens is 1. The smallest absolute Gasteiger partial charge is 0.151 e. The molecule has 0 fully saturated rings. The van der Waals surface area contributed by atoms with E-state index in [-0.39, 0.29) is 0 Å². The van der Waals surface area contributed by atoms with Gasteiger partial charge < -0.3 is 0 Å². The van der Waals surface area contributed by atoms with Crippen LogP contribution in [0, 0.1) is 6.92 Å². The Morgan fingerprint density at radius 3 is 2.55 bits per heavy atom. The topological polar surface area (TPSA) is 30.7 Å². The van der Waals surface area contributed by atoms with Gasteiger partial charge in [0.05, 0.1) is 11.7 Å². The van der Waals surface area contributed by atoms with E-state index in [0.717, 1.165) is 16.7 Å². The Balaban J connectivity index is 2.88. The third-order valence-corrected chi connectivity index (χ3v) is 2.46. The van der Waals surface area contributed by atoms with Crippen molar-refractivity contribution in [2.45, 2.75) is 33.2 Å². The first-order valence-electron chi connectivity index (χ1n) is 3.74. The highest BCUT2D eigenvalue weighted by atomic mass is 79.9. The molecule has 0 N–H and O–H groups in total. The predicted molar refractivity (Wildman–Crippen MR) is 47.5 cm³/mol. The van der Waals surface area contributed by atoms with Crippen LogP contribution in [-0.4, -0.2) is 15.0 Å². The number of hydrogen-bond acceptors (Lipinski definition) is 2. The molecule has 0 radical (unpaired) electrons. The summed E-state index contributed by atoms with van der Waals surface area (Å²) < 4.78 is 0.845. The van der Waals surface area contributed by atoms with Gasteiger partial charge >= 0.3 is 0 Å². The molecule has 0 aliphatic carbocycles. The second-order valence-electron chi connectivity index (χ2n) is 2.65. The molecular weight excluding hydrogens is 206 g/mol. The Kier molecular flexibility index (Phi) is 2.65. The largest absolute Gasteiger partial charge is 0.181 e. The highest BCUT2D eigenvalue weighted by Gasteiger charge is 2.07. The van der Waals surface area contributed by atoms with Crippen LogP contribution in [0.15, 0.2) is 4.60 Å². The number of aromatic nitrogens is 3. The van der Waals surface area contributed by atoms with Crippen LogP contribution in [0.1, 0.15) is 32.0 Å². The highest BCUT2D eigenvalue weighted by Crippen LogP contribution is 2.13. The van der Waals surface area contributed by atoms with Crippen LogP contribution in [0.3, 0.4) is 0 Å². The van der Waals surface area contributed by atoms with Crippen molar-refractivity contribution in [2.24, 2.45) is 0 Å². The zero-order valence-electron chi connectivity index (χ0n) is 7.00. The van der Waals surface area contributed by atoms with Crippen LogP contribution in [0.5, 0.6) is 0 Å². The lowest BCUT2D eigenvalue weighted by atomic mass is 10.3. The number of hydrogen-bond donors (Lipinski definition) is 0. The third kappa shape index (κ3) is 1.80. The van der Waals surface area contributed by atoms with Crippen molar-refractivity contribution in [3.05, 3.63) is 10.3 Å². The van der Waals surface area contributed by atoms with Gasteiger partial charge in [-0.05, 0) is 36.2 Å². The fraction of sp³-hybridized carbons (Fsp3) is 0.714. The van der Waals surface area contributed by atoms with E-state index in [1.165, 1.54) is 0 Å². The molecule has 3 nitrogen and oxygen atoms in total. The molecule has 1 rings (SSSR count). The Morgan fingerprint density at radius 1 is 1.55 bits per heavy atom. The molecule has 1 unspecified atom stereocenters. The molecule has 0 aliphatic heterocycles. The molecule has 1 aromatic rings. The number of nitrogens with zero attached hydrogens (tertiary/aromatic N) is 3. The molecule has 1 aromatic heterocycles. The Labute approximate surface area is 74.9 Å². The molecule has 1 atom stereocenters. The molecular formula is C7H12BrN3. The fourth-order valence-corrected chi connectivity index (χ4v) is 0.982. The zero-order valence-corrected chi connectivity index (χ0v) is 8.59. The SMILES string of the molecule is CCC(C)n1nc(C)c(Br)n1. The summed E-state index contributed by atoms with van der Waals surface area (Å²) in [6.07, 6.45) is 1.06. The van der Waals surface area contributed by atoms with Crippen molar-refractivity contribution in [3.63, 3.8) is 0 Å². The monoisotopic (exact) mass is 217 g/mol. The van der Waals surface area contributed by atoms with Crippen LogP contribution in [0.2, 0.25) is 0 Å². The maximum atomic E-state index is 4.24. The Hall–Kier alpha value is -0.380. The van der Waals surface area contributed by atoms with E-state index >= 15 is 0 Å². The molecule has 1 heterocycles. The standard InChI is InChI=1S/C7H12BrN3/c1-4-5(2)11-9-6(3)7(8)10-11/h5H,4H2,1-3H3. The molecule has 0 aliphatic rings. The predicted octanol–water partition coefficient (Wildman–Crippen LogP) is 2.32. The van der Waals surface area contributed by atoms with Gasteiger partial charge in [-0.1, -0.05) is 6.92 Å². The summed E-state index contributed by atoms with van der Waals surface area (Å²) in [6, 6.07) is 0.389. The molecule has 0 amide bonds. The van der Waals surface area contributed by atoms with Gasteiger partial charge in [0.25, 0.3) is 0 Å². The summed E-state index contributed by atoms with van der Waals surface area (Å²) in [7, 11) is 0. The first-order valence-corrected chi connectivity index (χ1v) is 4.53. The lowest BCUT2D eigenvalue weighted by molar-refractivity contribution is 0.420. The molecule has 4 heteroatoms. The van der Waals surface area contributed by atoms with Gasteiger partial charge in [0.2, 0.25) is 0 Å². The van der Waals surface area contributed by atoms with Gasteiger partial charge in [-0.25, -0.2) is 0 Å². The van der Waals surface area contributed by atoms with E-state index < -0.39 is 0 Å². The molecule has 0 aromatic carbocycles. The van der Waals surface area contributed by atoms with Crippen molar-refractivity contribution in [3.8, 4) is 0 Å². The molecule has 0 saturated carbocycles. The average molecular weight is 218 g/mol. The average Bonchev–Trinajstić information content (AvgIpc) is 2.31. The van der Waals surface area contributed by atoms with Gasteiger partial charge in [0, 0.05) is 0 Å². The van der Waals surface area contributed by atoms with E-state index in [1.807, 2.05) is 6.92 Å². The Bertz CT molecular complexity index is 224. The van der Waals surface area contributed by atoms with Gasteiger partial charge in [-0.15, -0.1) is 5.10 Å². The van der Waals surface area contributed by atoms with E-state index in [9.17, 15) is 0 Å². The minimum Gasteiger partial charge on any atom is -0.181 e. The molecule has 0 saturated heterocycles. The molecule has 62 valence electrons. The number of aryl methyl sites for hydroxylation is 1. The first kappa shape index (κ1) is 8.71. The normalized spacial score (nSPS) is 13.5. The molecule has 11 heavy (non-hydrogen) atoms. The fourth-order valence-electron chi connectivity index (χ4n) is 0.740. The van der Waals surface area contributed by atoms with Crippen molar-refractivity contribution in [1.82, 2.24) is 15.0 Å². The Morgan fingerprint density at radius 2 is 2.18 bits per heavy atom. The maximum Gasteiger partial charge on any atom is 0.151 e. The van der Waals surface area contributed by atoms with Crippen LogP contribution in [0.4, 0.5) is 0 Å². The molecule has 0 spiro atoms. The summed E-state index contributed by atoms with van der Waals surface area (Å²) in [6.45, 7) is 6.17. The minimum absolute atomic E-state index is 0.389. The van der Waals surface area contributed by atoms with Gasteiger partial charge in [-0.2, -0.15) is 9.90 Å². The zero-order chi connectivity index (χ0) is 8.43. The lowest BCUT2D eigenvalue weighted by Crippen LogP contribution is -2.07. The van der Waals surface area contributed by atoms with Crippen molar-refractivity contribution in [1.29, 1.82) is 0 Å². The lowest BCUT2D eigenvalue weighted by Gasteiger charge is -2.05. The van der Waals surface area contributed by atoms with Crippen molar-refractivity contribution in [2.75, 3.05) is 0 Å². The van der Waals surface area contributed by atoms with E-state index in [1.54, 1.807) is 4.80 Å². The van der Waals surface area contributed by atoms with Crippen LogP contribution < -0.4 is 0 Å². The van der Waals surface area contributed by atoms with Gasteiger partial charge in [0.1, 0.15) is 0 Å². The van der Waals surface area contributed by atoms with E-state index in [0.29, 0.717) is 6.04 Å². The third-order valence-electron chi connectivity index (χ3n) is 1.73. The van der Waals surface area contributed by atoms with E-state index in [2.05, 4.69) is 40.0 Å². The second-order valence-corrected chi connectivity index (χ2v) is 3.41. The van der Waals surface area contributed by atoms with Gasteiger partial charge in [0.15, 0.2) is 4.60 Å². The second kappa shape index (κ2) is 3.34. The first-order chi connectivity index (χ1) is 5.15. The summed E-state index contributed by atoms with van der Waals surface area (Å²) >= 11 is 3.32. The summed E-state index contributed by atoms with van der Waals surface area (Å²) in [5, 5.41) is 8.44. The molecule has 0 bridgehead atoms. The summed E-state index contributed by atoms with van der Waals surface area (Å²) in [4.78, 5) is 1.75. The quantitative estimate of drug-likeness (QED) is 0.762. The highest BCUT2D eigenvalue weighted by molar-refractivity contribution is 9.10. The van der Waals surface area contributed by atoms with E-state index in [4.69, 9.17) is 0 Å². The van der Waals surface area contributed by atoms with Crippen molar-refractivity contribution < 1.29 is 0 Å². The van der Waals surface area contributed by atoms with Crippen LogP contribution >= 0.6 is 15.9 Å².